The number of carbonyl (C=O) groups is 2. The minimum absolute atomic E-state index is 0.000760. The van der Waals surface area contributed by atoms with E-state index >= 15 is 0 Å². The number of anilines is 1. The van der Waals surface area contributed by atoms with Gasteiger partial charge in [0, 0.05) is 24.2 Å². The number of nitrogens with one attached hydrogen (secondary N) is 1. The zero-order valence-electron chi connectivity index (χ0n) is 12.4. The Morgan fingerprint density at radius 1 is 1.17 bits per heavy atom. The molecular weight excluding hydrogens is 336 g/mol. The highest BCUT2D eigenvalue weighted by molar-refractivity contribution is 6.34. The summed E-state index contributed by atoms with van der Waals surface area (Å²) in [7, 11) is 0. The van der Waals surface area contributed by atoms with E-state index in [2.05, 4.69) is 5.32 Å². The molecule has 2 aromatic rings. The van der Waals surface area contributed by atoms with E-state index in [-0.39, 0.29) is 22.7 Å². The molecule has 2 rings (SSSR count). The van der Waals surface area contributed by atoms with Gasteiger partial charge in [0.15, 0.2) is 0 Å². The maximum absolute atomic E-state index is 12.2. The number of nitro benzene ring substituents is 1. The largest absolute Gasteiger partial charge is 0.481 e. The molecular formula is C16H13ClN2O5. The number of halogens is 1. The Labute approximate surface area is 142 Å². The molecule has 0 atom stereocenters. The van der Waals surface area contributed by atoms with Crippen LogP contribution in [0.25, 0.3) is 0 Å². The highest BCUT2D eigenvalue weighted by Crippen LogP contribution is 2.23. The molecule has 0 heterocycles. The lowest BCUT2D eigenvalue weighted by atomic mass is 10.1. The van der Waals surface area contributed by atoms with Crippen molar-refractivity contribution in [1.29, 1.82) is 0 Å². The van der Waals surface area contributed by atoms with Crippen LogP contribution in [-0.4, -0.2) is 21.9 Å². The average molecular weight is 349 g/mol. The molecule has 0 radical (unpaired) electrons. The molecule has 0 unspecified atom stereocenters. The molecule has 0 spiro atoms. The van der Waals surface area contributed by atoms with Gasteiger partial charge in [0.25, 0.3) is 11.6 Å². The fourth-order valence-corrected chi connectivity index (χ4v) is 2.21. The lowest BCUT2D eigenvalue weighted by Crippen LogP contribution is -2.12. The first-order valence-corrected chi connectivity index (χ1v) is 7.30. The van der Waals surface area contributed by atoms with Crippen molar-refractivity contribution in [2.75, 3.05) is 5.32 Å². The Hall–Kier alpha value is -2.93. The first kappa shape index (κ1) is 17.4. The van der Waals surface area contributed by atoms with Crippen molar-refractivity contribution in [3.8, 4) is 0 Å². The van der Waals surface area contributed by atoms with Crippen LogP contribution in [-0.2, 0) is 11.2 Å². The van der Waals surface area contributed by atoms with Gasteiger partial charge < -0.3 is 10.4 Å². The summed E-state index contributed by atoms with van der Waals surface area (Å²) in [6.07, 6.45) is 0.412. The number of nitrogens with zero attached hydrogens (tertiary/aromatic N) is 1. The Bertz CT molecular complexity index is 790. The summed E-state index contributed by atoms with van der Waals surface area (Å²) in [6.45, 7) is 0. The highest BCUT2D eigenvalue weighted by Gasteiger charge is 2.16. The van der Waals surface area contributed by atoms with Gasteiger partial charge in [-0.05, 0) is 30.2 Å². The summed E-state index contributed by atoms with van der Waals surface area (Å²) in [6, 6.07) is 10.3. The molecule has 0 fully saturated rings. The van der Waals surface area contributed by atoms with Crippen LogP contribution in [0, 0.1) is 10.1 Å². The molecule has 8 heteroatoms. The van der Waals surface area contributed by atoms with Gasteiger partial charge in [0.05, 0.1) is 15.5 Å². The molecule has 124 valence electrons. The second-order valence-electron chi connectivity index (χ2n) is 4.97. The van der Waals surface area contributed by atoms with Crippen LogP contribution in [0.15, 0.2) is 42.5 Å². The molecule has 0 aliphatic heterocycles. The van der Waals surface area contributed by atoms with Crippen molar-refractivity contribution in [2.24, 2.45) is 0 Å². The van der Waals surface area contributed by atoms with E-state index in [9.17, 15) is 19.7 Å². The number of hydrogen-bond donors (Lipinski definition) is 2. The topological polar surface area (TPSA) is 110 Å². The maximum atomic E-state index is 12.2. The number of aryl methyl sites for hydroxylation is 1. The third-order valence-corrected chi connectivity index (χ3v) is 3.57. The molecule has 0 aromatic heterocycles. The van der Waals surface area contributed by atoms with Gasteiger partial charge in [-0.3, -0.25) is 19.7 Å². The Morgan fingerprint density at radius 2 is 1.83 bits per heavy atom. The van der Waals surface area contributed by atoms with Crippen molar-refractivity contribution in [2.45, 2.75) is 12.8 Å². The van der Waals surface area contributed by atoms with Crippen LogP contribution < -0.4 is 5.32 Å². The molecule has 0 bridgehead atoms. The van der Waals surface area contributed by atoms with Crippen molar-refractivity contribution in [3.05, 3.63) is 68.7 Å². The molecule has 0 saturated heterocycles. The molecule has 2 aromatic carbocycles. The number of nitro groups is 1. The Kier molecular flexibility index (Phi) is 5.49. The number of carboxylic acid groups (broad SMARTS) is 1. The fraction of sp³-hybridized carbons (Fsp3) is 0.125. The molecule has 24 heavy (non-hydrogen) atoms. The van der Waals surface area contributed by atoms with Gasteiger partial charge in [0.1, 0.15) is 0 Å². The SMILES string of the molecule is O=C(O)CCc1ccc(NC(=O)c2cc([N+](=O)[O-])ccc2Cl)cc1. The Morgan fingerprint density at radius 3 is 2.42 bits per heavy atom. The average Bonchev–Trinajstić information content (AvgIpc) is 2.54. The number of carbonyl (C=O) groups excluding carboxylic acids is 1. The van der Waals surface area contributed by atoms with E-state index in [4.69, 9.17) is 16.7 Å². The minimum atomic E-state index is -0.882. The van der Waals surface area contributed by atoms with E-state index in [1.165, 1.54) is 12.1 Å². The third kappa shape index (κ3) is 4.53. The summed E-state index contributed by atoms with van der Waals surface area (Å²) in [5, 5.41) is 22.1. The highest BCUT2D eigenvalue weighted by atomic mass is 35.5. The van der Waals surface area contributed by atoms with Crippen molar-refractivity contribution in [1.82, 2.24) is 0 Å². The van der Waals surface area contributed by atoms with E-state index < -0.39 is 16.8 Å². The molecule has 7 nitrogen and oxygen atoms in total. The summed E-state index contributed by atoms with van der Waals surface area (Å²) < 4.78 is 0. The maximum Gasteiger partial charge on any atom is 0.303 e. The molecule has 0 aliphatic rings. The number of carboxylic acids is 1. The molecule has 0 saturated carbocycles. The van der Waals surface area contributed by atoms with E-state index in [0.29, 0.717) is 12.1 Å². The predicted molar refractivity (Wildman–Crippen MR) is 88.5 cm³/mol. The van der Waals surface area contributed by atoms with Gasteiger partial charge in [-0.1, -0.05) is 23.7 Å². The predicted octanol–water partition coefficient (Wildman–Crippen LogP) is 3.52. The van der Waals surface area contributed by atoms with Crippen LogP contribution in [0.5, 0.6) is 0 Å². The normalized spacial score (nSPS) is 10.2. The van der Waals surface area contributed by atoms with Gasteiger partial charge in [-0.2, -0.15) is 0 Å². The second-order valence-corrected chi connectivity index (χ2v) is 5.37. The summed E-state index contributed by atoms with van der Waals surface area (Å²) >= 11 is 5.92. The zero-order valence-corrected chi connectivity index (χ0v) is 13.1. The van der Waals surface area contributed by atoms with Crippen molar-refractivity contribution < 1.29 is 19.6 Å². The molecule has 2 N–H and O–H groups in total. The first-order chi connectivity index (χ1) is 11.4. The van der Waals surface area contributed by atoms with Gasteiger partial charge in [0.2, 0.25) is 0 Å². The van der Waals surface area contributed by atoms with Gasteiger partial charge in [-0.15, -0.1) is 0 Å². The number of amides is 1. The van der Waals surface area contributed by atoms with Gasteiger partial charge >= 0.3 is 5.97 Å². The number of non-ortho nitro benzene ring substituents is 1. The van der Waals surface area contributed by atoms with Crippen molar-refractivity contribution >= 4 is 34.9 Å². The lowest BCUT2D eigenvalue weighted by molar-refractivity contribution is -0.384. The summed E-state index contributed by atoms with van der Waals surface area (Å²) in [5.74, 6) is -1.45. The summed E-state index contributed by atoms with van der Waals surface area (Å²) in [5.41, 5.74) is 1.07. The van der Waals surface area contributed by atoms with E-state index in [1.807, 2.05) is 0 Å². The molecule has 1 amide bonds. The lowest BCUT2D eigenvalue weighted by Gasteiger charge is -2.07. The van der Waals surface area contributed by atoms with E-state index in [1.54, 1.807) is 24.3 Å². The van der Waals surface area contributed by atoms with Gasteiger partial charge in [-0.25, -0.2) is 0 Å². The zero-order chi connectivity index (χ0) is 17.7. The van der Waals surface area contributed by atoms with Crippen LogP contribution in [0.3, 0.4) is 0 Å². The first-order valence-electron chi connectivity index (χ1n) is 6.93. The monoisotopic (exact) mass is 348 g/mol. The summed E-state index contributed by atoms with van der Waals surface area (Å²) in [4.78, 5) is 32.9. The van der Waals surface area contributed by atoms with Crippen LogP contribution in [0.4, 0.5) is 11.4 Å². The second kappa shape index (κ2) is 7.56. The number of rotatable bonds is 6. The Balaban J connectivity index is 2.11. The number of hydrogen-bond acceptors (Lipinski definition) is 4. The smallest absolute Gasteiger partial charge is 0.303 e. The van der Waals surface area contributed by atoms with Crippen molar-refractivity contribution in [3.63, 3.8) is 0 Å². The standard InChI is InChI=1S/C16H13ClN2O5/c17-14-7-6-12(19(23)24)9-13(14)16(22)18-11-4-1-10(2-5-11)3-8-15(20)21/h1-2,4-7,9H,3,8H2,(H,18,22)(H,20,21). The quantitative estimate of drug-likeness (QED) is 0.613. The van der Waals surface area contributed by atoms with Crippen LogP contribution in [0.1, 0.15) is 22.3 Å². The third-order valence-electron chi connectivity index (χ3n) is 3.24. The fourth-order valence-electron chi connectivity index (χ4n) is 2.01. The van der Waals surface area contributed by atoms with Crippen LogP contribution >= 0.6 is 11.6 Å². The molecule has 0 aliphatic carbocycles. The van der Waals surface area contributed by atoms with Crippen LogP contribution in [0.2, 0.25) is 5.02 Å². The number of aliphatic carboxylic acids is 1. The minimum Gasteiger partial charge on any atom is -0.481 e. The number of benzene rings is 2. The van der Waals surface area contributed by atoms with E-state index in [0.717, 1.165) is 11.6 Å².